The molecule has 0 amide bonds. The summed E-state index contributed by atoms with van der Waals surface area (Å²) in [5.41, 5.74) is 6.12. The van der Waals surface area contributed by atoms with Crippen LogP contribution in [0.15, 0.2) is 12.1 Å². The fourth-order valence-corrected chi connectivity index (χ4v) is 3.80. The highest BCUT2D eigenvalue weighted by molar-refractivity contribution is 5.58. The molecular formula is C15H22N4O2. The van der Waals surface area contributed by atoms with Crippen LogP contribution in [-0.4, -0.2) is 23.0 Å². The highest BCUT2D eigenvalue weighted by Gasteiger charge is 2.35. The smallest absolute Gasteiger partial charge is 0.311 e. The molecule has 2 heterocycles. The van der Waals surface area contributed by atoms with E-state index in [0.717, 1.165) is 18.9 Å². The maximum Gasteiger partial charge on any atom is 0.311 e. The zero-order chi connectivity index (χ0) is 14.9. The van der Waals surface area contributed by atoms with Gasteiger partial charge in [0.25, 0.3) is 0 Å². The molecule has 0 radical (unpaired) electrons. The molecule has 0 unspecified atom stereocenters. The highest BCUT2D eigenvalue weighted by Crippen LogP contribution is 2.45. The second kappa shape index (κ2) is 5.50. The molecule has 1 saturated heterocycles. The predicted octanol–water partition coefficient (Wildman–Crippen LogP) is 3.12. The number of nitro groups is 1. The first-order valence-electron chi connectivity index (χ1n) is 7.76. The number of pyridine rings is 1. The van der Waals surface area contributed by atoms with Crippen molar-refractivity contribution in [2.45, 2.75) is 44.9 Å². The lowest BCUT2D eigenvalue weighted by atomic mass is 9.68. The van der Waals surface area contributed by atoms with E-state index in [4.69, 9.17) is 5.73 Å². The van der Waals surface area contributed by atoms with Gasteiger partial charge in [0.15, 0.2) is 0 Å². The van der Waals surface area contributed by atoms with Crippen LogP contribution in [0.3, 0.4) is 0 Å². The summed E-state index contributed by atoms with van der Waals surface area (Å²) in [6.07, 6.45) is 9.22. The summed E-state index contributed by atoms with van der Waals surface area (Å²) in [6.45, 7) is 1.95. The minimum absolute atomic E-state index is 0.00968. The minimum atomic E-state index is -0.487. The molecule has 1 aromatic heterocycles. The maximum atomic E-state index is 10.8. The summed E-state index contributed by atoms with van der Waals surface area (Å²) >= 11 is 0. The number of hydrogen-bond acceptors (Lipinski definition) is 5. The predicted molar refractivity (Wildman–Crippen MR) is 82.3 cm³/mol. The van der Waals surface area contributed by atoms with E-state index >= 15 is 0 Å². The Morgan fingerprint density at radius 1 is 1.14 bits per heavy atom. The number of nitrogen functional groups attached to an aromatic ring is 1. The van der Waals surface area contributed by atoms with Gasteiger partial charge in [-0.15, -0.1) is 0 Å². The van der Waals surface area contributed by atoms with Crippen LogP contribution in [-0.2, 0) is 0 Å². The molecule has 0 aromatic carbocycles. The molecule has 2 fully saturated rings. The molecule has 6 heteroatoms. The normalized spacial score (nSPS) is 21.4. The lowest BCUT2D eigenvalue weighted by Gasteiger charge is -2.44. The molecule has 2 N–H and O–H groups in total. The van der Waals surface area contributed by atoms with E-state index in [9.17, 15) is 10.1 Å². The molecule has 1 saturated carbocycles. The molecule has 6 nitrogen and oxygen atoms in total. The van der Waals surface area contributed by atoms with Gasteiger partial charge >= 0.3 is 5.69 Å². The number of nitrogens with two attached hydrogens (primary N) is 1. The Morgan fingerprint density at radius 3 is 2.38 bits per heavy atom. The van der Waals surface area contributed by atoms with Crippen LogP contribution in [0, 0.1) is 15.5 Å². The van der Waals surface area contributed by atoms with Gasteiger partial charge in [0, 0.05) is 19.2 Å². The van der Waals surface area contributed by atoms with Crippen LogP contribution in [0.4, 0.5) is 17.3 Å². The number of anilines is 2. The van der Waals surface area contributed by atoms with E-state index in [1.807, 2.05) is 0 Å². The number of piperidine rings is 1. The van der Waals surface area contributed by atoms with Gasteiger partial charge in [-0.2, -0.15) is 0 Å². The van der Waals surface area contributed by atoms with Crippen LogP contribution >= 0.6 is 0 Å². The van der Waals surface area contributed by atoms with Crippen molar-refractivity contribution in [1.82, 2.24) is 4.98 Å². The van der Waals surface area contributed by atoms with E-state index < -0.39 is 4.92 Å². The molecule has 0 bridgehead atoms. The van der Waals surface area contributed by atoms with Crippen LogP contribution < -0.4 is 10.6 Å². The number of nitrogens with zero attached hydrogens (tertiary/aromatic N) is 3. The summed E-state index contributed by atoms with van der Waals surface area (Å²) in [5, 5.41) is 10.8. The molecule has 1 aromatic rings. The first-order chi connectivity index (χ1) is 10.1. The monoisotopic (exact) mass is 290 g/mol. The minimum Gasteiger partial charge on any atom is -0.378 e. The van der Waals surface area contributed by atoms with Crippen molar-refractivity contribution in [2.75, 3.05) is 23.7 Å². The molecule has 2 aliphatic rings. The Bertz CT molecular complexity index is 530. The van der Waals surface area contributed by atoms with Crippen LogP contribution in [0.1, 0.15) is 44.9 Å². The first-order valence-corrected chi connectivity index (χ1v) is 7.76. The van der Waals surface area contributed by atoms with Crippen LogP contribution in [0.25, 0.3) is 0 Å². The molecule has 3 rings (SSSR count). The van der Waals surface area contributed by atoms with Gasteiger partial charge in [-0.25, -0.2) is 4.98 Å². The van der Waals surface area contributed by atoms with Crippen LogP contribution in [0.5, 0.6) is 0 Å². The van der Waals surface area contributed by atoms with Crippen molar-refractivity contribution in [3.05, 3.63) is 22.2 Å². The molecule has 21 heavy (non-hydrogen) atoms. The van der Waals surface area contributed by atoms with Gasteiger partial charge in [0.05, 0.1) is 4.92 Å². The van der Waals surface area contributed by atoms with E-state index in [1.165, 1.54) is 51.0 Å². The highest BCUT2D eigenvalue weighted by atomic mass is 16.6. The summed E-state index contributed by atoms with van der Waals surface area (Å²) in [6, 6.07) is 3.18. The first kappa shape index (κ1) is 14.1. The summed E-state index contributed by atoms with van der Waals surface area (Å²) in [5.74, 6) is 0.777. The standard InChI is InChI=1S/C15H22N4O2/c16-14-12(19(20)21)4-5-13(17-14)18-10-8-15(9-11-18)6-2-1-3-7-15/h4-5H,1-3,6-11H2,(H2,16,17). The van der Waals surface area contributed by atoms with Gasteiger partial charge in [-0.3, -0.25) is 10.1 Å². The average Bonchev–Trinajstić information content (AvgIpc) is 2.48. The maximum absolute atomic E-state index is 10.8. The van der Waals surface area contributed by atoms with E-state index in [1.54, 1.807) is 6.07 Å². The second-order valence-electron chi connectivity index (χ2n) is 6.38. The molecule has 114 valence electrons. The van der Waals surface area contributed by atoms with E-state index in [0.29, 0.717) is 5.41 Å². The van der Waals surface area contributed by atoms with Gasteiger partial charge in [-0.05, 0) is 37.2 Å². The molecule has 1 spiro atoms. The van der Waals surface area contributed by atoms with Gasteiger partial charge in [-0.1, -0.05) is 19.3 Å². The van der Waals surface area contributed by atoms with Crippen molar-refractivity contribution < 1.29 is 4.92 Å². The number of hydrogen-bond donors (Lipinski definition) is 1. The largest absolute Gasteiger partial charge is 0.378 e. The average molecular weight is 290 g/mol. The zero-order valence-electron chi connectivity index (χ0n) is 12.3. The summed E-state index contributed by atoms with van der Waals surface area (Å²) < 4.78 is 0. The number of rotatable bonds is 2. The van der Waals surface area contributed by atoms with Crippen molar-refractivity contribution in [1.29, 1.82) is 0 Å². The van der Waals surface area contributed by atoms with Gasteiger partial charge in [0.1, 0.15) is 5.82 Å². The van der Waals surface area contributed by atoms with E-state index in [-0.39, 0.29) is 11.5 Å². The second-order valence-corrected chi connectivity index (χ2v) is 6.38. The Balaban J connectivity index is 1.69. The van der Waals surface area contributed by atoms with Crippen LogP contribution in [0.2, 0.25) is 0 Å². The van der Waals surface area contributed by atoms with Crippen molar-refractivity contribution in [3.63, 3.8) is 0 Å². The van der Waals surface area contributed by atoms with Crippen molar-refractivity contribution in [2.24, 2.45) is 5.41 Å². The Morgan fingerprint density at radius 2 is 1.81 bits per heavy atom. The van der Waals surface area contributed by atoms with Crippen molar-refractivity contribution in [3.8, 4) is 0 Å². The Labute approximate surface area is 124 Å². The molecule has 1 aliphatic carbocycles. The lowest BCUT2D eigenvalue weighted by Crippen LogP contribution is -2.41. The SMILES string of the molecule is Nc1nc(N2CCC3(CCCCC3)CC2)ccc1[N+](=O)[O-]. The fraction of sp³-hybridized carbons (Fsp3) is 0.667. The third-order valence-electron chi connectivity index (χ3n) is 5.15. The third-order valence-corrected chi connectivity index (χ3v) is 5.15. The lowest BCUT2D eigenvalue weighted by molar-refractivity contribution is -0.384. The Hall–Kier alpha value is -1.85. The quantitative estimate of drug-likeness (QED) is 0.668. The third kappa shape index (κ3) is 2.80. The fourth-order valence-electron chi connectivity index (χ4n) is 3.80. The summed E-state index contributed by atoms with van der Waals surface area (Å²) in [4.78, 5) is 16.7. The van der Waals surface area contributed by atoms with Gasteiger partial charge in [0.2, 0.25) is 5.82 Å². The van der Waals surface area contributed by atoms with E-state index in [2.05, 4.69) is 9.88 Å². The molecule has 0 atom stereocenters. The zero-order valence-corrected chi connectivity index (χ0v) is 12.3. The number of aromatic nitrogens is 1. The molecular weight excluding hydrogens is 268 g/mol. The molecule has 1 aliphatic heterocycles. The Kier molecular flexibility index (Phi) is 3.69. The van der Waals surface area contributed by atoms with Gasteiger partial charge < -0.3 is 10.6 Å². The topological polar surface area (TPSA) is 85.3 Å². The summed E-state index contributed by atoms with van der Waals surface area (Å²) in [7, 11) is 0. The van der Waals surface area contributed by atoms with Crippen molar-refractivity contribution >= 4 is 17.3 Å².